The highest BCUT2D eigenvalue weighted by Crippen LogP contribution is 2.37. The summed E-state index contributed by atoms with van der Waals surface area (Å²) in [6, 6.07) is 7.47. The summed E-state index contributed by atoms with van der Waals surface area (Å²) >= 11 is 1.52. The van der Waals surface area contributed by atoms with Gasteiger partial charge in [-0.3, -0.25) is 14.5 Å². The Morgan fingerprint density at radius 1 is 1.28 bits per heavy atom. The Hall–Kier alpha value is -2.39. The molecule has 0 bridgehead atoms. The van der Waals surface area contributed by atoms with Crippen LogP contribution in [0.2, 0.25) is 0 Å². The number of hydrogen-bond acceptors (Lipinski definition) is 4. The van der Waals surface area contributed by atoms with Crippen LogP contribution in [0.25, 0.3) is 0 Å². The van der Waals surface area contributed by atoms with Gasteiger partial charge < -0.3 is 10.6 Å². The van der Waals surface area contributed by atoms with Gasteiger partial charge in [0.05, 0.1) is 24.3 Å². The van der Waals surface area contributed by atoms with E-state index in [2.05, 4.69) is 10.6 Å². The molecule has 0 spiro atoms. The Bertz CT molecular complexity index is 868. The van der Waals surface area contributed by atoms with Crippen molar-refractivity contribution in [1.29, 1.82) is 0 Å². The van der Waals surface area contributed by atoms with Crippen LogP contribution in [-0.4, -0.2) is 30.6 Å². The summed E-state index contributed by atoms with van der Waals surface area (Å²) in [5, 5.41) is 7.48. The summed E-state index contributed by atoms with van der Waals surface area (Å²) in [6.07, 6.45) is -5.59. The number of carbonyl (C=O) groups excluding carboxylic acids is 2. The molecule has 1 aliphatic rings. The van der Waals surface area contributed by atoms with Crippen molar-refractivity contribution in [2.45, 2.75) is 38.5 Å². The lowest BCUT2D eigenvalue weighted by Gasteiger charge is -2.32. The van der Waals surface area contributed by atoms with Gasteiger partial charge in [0.1, 0.15) is 6.04 Å². The Balaban J connectivity index is 1.90. The lowest BCUT2D eigenvalue weighted by atomic mass is 10.0. The van der Waals surface area contributed by atoms with Crippen molar-refractivity contribution in [3.8, 4) is 0 Å². The third-order valence-electron chi connectivity index (χ3n) is 4.76. The van der Waals surface area contributed by atoms with Crippen molar-refractivity contribution in [3.63, 3.8) is 0 Å². The molecule has 2 N–H and O–H groups in total. The lowest BCUT2D eigenvalue weighted by molar-refractivity contribution is -0.157. The molecule has 2 heterocycles. The first-order valence-corrected chi connectivity index (χ1v) is 10.1. The van der Waals surface area contributed by atoms with Crippen molar-refractivity contribution in [2.75, 3.05) is 16.8 Å². The molecule has 0 radical (unpaired) electrons. The van der Waals surface area contributed by atoms with Crippen molar-refractivity contribution in [2.24, 2.45) is 5.92 Å². The van der Waals surface area contributed by atoms with Crippen LogP contribution in [0, 0.1) is 5.92 Å². The average Bonchev–Trinajstić information content (AvgIpc) is 3.10. The second-order valence-corrected chi connectivity index (χ2v) is 8.19. The Labute approximate surface area is 170 Å². The van der Waals surface area contributed by atoms with Crippen molar-refractivity contribution in [3.05, 3.63) is 46.7 Å². The molecular formula is C20H22F3N3O2S. The maximum absolute atomic E-state index is 13.8. The number of anilines is 2. The van der Waals surface area contributed by atoms with Crippen molar-refractivity contribution in [1.82, 2.24) is 5.32 Å². The third kappa shape index (κ3) is 4.79. The maximum atomic E-state index is 13.8. The molecule has 0 unspecified atom stereocenters. The summed E-state index contributed by atoms with van der Waals surface area (Å²) in [5.74, 6) is -1.38. The first-order valence-electron chi connectivity index (χ1n) is 9.23. The van der Waals surface area contributed by atoms with Crippen LogP contribution in [0.4, 0.5) is 24.5 Å². The molecule has 1 aromatic heterocycles. The van der Waals surface area contributed by atoms with Crippen LogP contribution < -0.4 is 15.5 Å². The van der Waals surface area contributed by atoms with Crippen LogP contribution in [-0.2, 0) is 9.59 Å². The van der Waals surface area contributed by atoms with E-state index in [1.807, 2.05) is 31.4 Å². The molecule has 0 saturated carbocycles. The minimum Gasteiger partial charge on any atom is -0.324 e. The number of benzene rings is 1. The monoisotopic (exact) mass is 425 g/mol. The summed E-state index contributed by atoms with van der Waals surface area (Å²) < 4.78 is 41.3. The van der Waals surface area contributed by atoms with Gasteiger partial charge in [-0.25, -0.2) is 0 Å². The van der Waals surface area contributed by atoms with E-state index in [9.17, 15) is 22.8 Å². The number of para-hydroxylation sites is 2. The zero-order valence-electron chi connectivity index (χ0n) is 16.0. The Kier molecular flexibility index (Phi) is 6.28. The number of hydrogen-bond donors (Lipinski definition) is 2. The lowest BCUT2D eigenvalue weighted by Crippen LogP contribution is -2.52. The van der Waals surface area contributed by atoms with E-state index < -0.39 is 30.5 Å². The third-order valence-corrected chi connectivity index (χ3v) is 5.72. The predicted octanol–water partition coefficient (Wildman–Crippen LogP) is 4.34. The van der Waals surface area contributed by atoms with E-state index in [0.29, 0.717) is 4.90 Å². The number of rotatable bonds is 5. The minimum atomic E-state index is -4.74. The molecule has 3 rings (SSSR count). The van der Waals surface area contributed by atoms with Gasteiger partial charge in [0.15, 0.2) is 0 Å². The van der Waals surface area contributed by atoms with Gasteiger partial charge >= 0.3 is 6.18 Å². The molecule has 0 aliphatic carbocycles. The highest BCUT2D eigenvalue weighted by molar-refractivity contribution is 7.10. The van der Waals surface area contributed by atoms with E-state index in [4.69, 9.17) is 0 Å². The second-order valence-electron chi connectivity index (χ2n) is 7.21. The summed E-state index contributed by atoms with van der Waals surface area (Å²) in [6.45, 7) is 3.67. The fourth-order valence-corrected chi connectivity index (χ4v) is 4.38. The van der Waals surface area contributed by atoms with Gasteiger partial charge in [-0.05, 0) is 29.5 Å². The van der Waals surface area contributed by atoms with E-state index in [0.717, 1.165) is 4.88 Å². The Morgan fingerprint density at radius 3 is 2.62 bits per heavy atom. The zero-order valence-corrected chi connectivity index (χ0v) is 16.8. The van der Waals surface area contributed by atoms with Crippen LogP contribution >= 0.6 is 11.3 Å². The number of alkyl halides is 3. The number of thiophene rings is 1. The molecular weight excluding hydrogens is 403 g/mol. The van der Waals surface area contributed by atoms with Crippen LogP contribution in [0.1, 0.15) is 31.2 Å². The fourth-order valence-electron chi connectivity index (χ4n) is 3.41. The molecule has 1 aromatic carbocycles. The van der Waals surface area contributed by atoms with Crippen LogP contribution in [0.3, 0.4) is 0 Å². The maximum Gasteiger partial charge on any atom is 0.409 e. The van der Waals surface area contributed by atoms with Gasteiger partial charge in [0, 0.05) is 10.9 Å². The molecule has 5 nitrogen and oxygen atoms in total. The minimum absolute atomic E-state index is 0.0460. The van der Waals surface area contributed by atoms with E-state index in [1.54, 1.807) is 12.1 Å². The summed E-state index contributed by atoms with van der Waals surface area (Å²) in [7, 11) is 0. The molecule has 2 amide bonds. The number of nitrogens with zero attached hydrogens (tertiary/aromatic N) is 1. The van der Waals surface area contributed by atoms with E-state index in [1.165, 1.54) is 23.5 Å². The molecule has 0 fully saturated rings. The number of halogens is 3. The highest BCUT2D eigenvalue weighted by atomic mass is 32.1. The molecule has 1 aliphatic heterocycles. The van der Waals surface area contributed by atoms with Crippen molar-refractivity contribution < 1.29 is 22.8 Å². The molecule has 156 valence electrons. The first-order chi connectivity index (χ1) is 13.7. The fraction of sp³-hybridized carbons (Fsp3) is 0.400. The molecule has 9 heteroatoms. The van der Waals surface area contributed by atoms with Gasteiger partial charge in [0.25, 0.3) is 0 Å². The van der Waals surface area contributed by atoms with Crippen molar-refractivity contribution >= 4 is 34.5 Å². The zero-order chi connectivity index (χ0) is 21.2. The molecule has 2 aromatic rings. The Morgan fingerprint density at radius 2 is 2.00 bits per heavy atom. The second kappa shape index (κ2) is 8.54. The van der Waals surface area contributed by atoms with Crippen LogP contribution in [0.5, 0.6) is 0 Å². The van der Waals surface area contributed by atoms with Gasteiger partial charge in [0.2, 0.25) is 11.8 Å². The number of amides is 2. The quantitative estimate of drug-likeness (QED) is 0.749. The highest BCUT2D eigenvalue weighted by Gasteiger charge is 2.48. The van der Waals surface area contributed by atoms with Crippen LogP contribution in [0.15, 0.2) is 41.8 Å². The predicted molar refractivity (Wildman–Crippen MR) is 107 cm³/mol. The summed E-state index contributed by atoms with van der Waals surface area (Å²) in [4.78, 5) is 26.7. The first kappa shape index (κ1) is 21.3. The van der Waals surface area contributed by atoms with E-state index in [-0.39, 0.29) is 29.9 Å². The number of fused-ring (bicyclic) bond motifs is 1. The smallest absolute Gasteiger partial charge is 0.324 e. The average molecular weight is 425 g/mol. The van der Waals surface area contributed by atoms with Gasteiger partial charge in [-0.2, -0.15) is 13.2 Å². The number of nitrogens with one attached hydrogen (secondary N) is 2. The molecule has 0 saturated heterocycles. The largest absolute Gasteiger partial charge is 0.409 e. The number of carbonyl (C=O) groups is 2. The van der Waals surface area contributed by atoms with E-state index >= 15 is 0 Å². The van der Waals surface area contributed by atoms with Gasteiger partial charge in [-0.15, -0.1) is 11.3 Å². The molecule has 2 atom stereocenters. The summed E-state index contributed by atoms with van der Waals surface area (Å²) in [5.41, 5.74) is 0.237. The molecule has 29 heavy (non-hydrogen) atoms. The normalized spacial score (nSPS) is 18.2. The SMILES string of the molecule is CC(C)[C@@H](NCC(=O)N1c2ccccc2NC(=O)C[C@@H]1C(F)(F)F)c1cccs1. The standard InChI is InChI=1S/C20H22F3N3O2S/c1-12(2)19(15-8-5-9-29-15)24-11-18(28)26-14-7-4-3-6-13(14)25-17(27)10-16(26)20(21,22)23/h3-9,12,16,19,24H,10-11H2,1-2H3,(H,25,27)/t16-,19-/m1/s1. The topological polar surface area (TPSA) is 61.4 Å². The van der Waals surface area contributed by atoms with Gasteiger partial charge in [-0.1, -0.05) is 32.0 Å².